The Hall–Kier alpha value is -2.18. The topological polar surface area (TPSA) is 70.2 Å². The number of nitrogens with one attached hydrogen (secondary N) is 3. The second-order valence-electron chi connectivity index (χ2n) is 5.18. The molecule has 1 aromatic carbocycles. The Morgan fingerprint density at radius 2 is 2.00 bits per heavy atom. The van der Waals surface area contributed by atoms with E-state index in [2.05, 4.69) is 16.0 Å². The van der Waals surface area contributed by atoms with Crippen LogP contribution in [0.25, 0.3) is 0 Å². The van der Waals surface area contributed by atoms with E-state index in [1.54, 1.807) is 30.3 Å². The van der Waals surface area contributed by atoms with Crippen molar-refractivity contribution in [3.8, 4) is 0 Å². The van der Waals surface area contributed by atoms with Crippen LogP contribution in [0.3, 0.4) is 0 Å². The summed E-state index contributed by atoms with van der Waals surface area (Å²) in [5.74, 6) is -0.319. The van der Waals surface area contributed by atoms with E-state index >= 15 is 0 Å². The van der Waals surface area contributed by atoms with E-state index in [4.69, 9.17) is 0 Å². The highest BCUT2D eigenvalue weighted by molar-refractivity contribution is 7.12. The smallest absolute Gasteiger partial charge is 0.265 e. The van der Waals surface area contributed by atoms with Crippen molar-refractivity contribution in [2.45, 2.75) is 19.9 Å². The molecule has 0 aliphatic heterocycles. The molecule has 0 saturated carbocycles. The molecular weight excluding hydrogens is 310 g/mol. The number of thiophene rings is 1. The molecule has 0 radical (unpaired) electrons. The highest BCUT2D eigenvalue weighted by atomic mass is 32.1. The first kappa shape index (κ1) is 17.2. The molecule has 2 rings (SSSR count). The molecule has 0 saturated heterocycles. The Morgan fingerprint density at radius 3 is 2.70 bits per heavy atom. The molecule has 1 heterocycles. The molecule has 0 aliphatic carbocycles. The van der Waals surface area contributed by atoms with Gasteiger partial charge in [-0.2, -0.15) is 0 Å². The lowest BCUT2D eigenvalue weighted by Crippen LogP contribution is -2.38. The number of carbonyl (C=O) groups excluding carboxylic acids is 2. The van der Waals surface area contributed by atoms with Gasteiger partial charge in [0, 0.05) is 23.8 Å². The molecule has 5 nitrogen and oxygen atoms in total. The third kappa shape index (κ3) is 5.19. The molecule has 3 N–H and O–H groups in total. The Balaban J connectivity index is 1.96. The summed E-state index contributed by atoms with van der Waals surface area (Å²) in [4.78, 5) is 24.8. The maximum absolute atomic E-state index is 12.2. The van der Waals surface area contributed by atoms with E-state index in [9.17, 15) is 9.59 Å². The Labute approximate surface area is 140 Å². The van der Waals surface area contributed by atoms with Crippen LogP contribution in [0.15, 0.2) is 41.8 Å². The minimum atomic E-state index is -0.168. The fraction of sp³-hybridized carbons (Fsp3) is 0.294. The van der Waals surface area contributed by atoms with Gasteiger partial charge in [0.15, 0.2) is 0 Å². The second-order valence-corrected chi connectivity index (χ2v) is 6.13. The molecule has 0 unspecified atom stereocenters. The quantitative estimate of drug-likeness (QED) is 0.730. The van der Waals surface area contributed by atoms with E-state index in [1.165, 1.54) is 11.3 Å². The van der Waals surface area contributed by atoms with Gasteiger partial charge in [0.25, 0.3) is 11.8 Å². The number of likely N-dealkylation sites (N-methyl/N-ethyl adjacent to an activating group) is 1. The van der Waals surface area contributed by atoms with Crippen molar-refractivity contribution in [1.82, 2.24) is 10.6 Å². The summed E-state index contributed by atoms with van der Waals surface area (Å²) in [6.07, 6.45) is 0. The summed E-state index contributed by atoms with van der Waals surface area (Å²) < 4.78 is 0. The predicted octanol–water partition coefficient (Wildman–Crippen LogP) is 2.73. The third-order valence-electron chi connectivity index (χ3n) is 3.25. The van der Waals surface area contributed by atoms with E-state index < -0.39 is 0 Å². The number of hydrogen-bond acceptors (Lipinski definition) is 4. The highest BCUT2D eigenvalue weighted by Gasteiger charge is 2.10. The third-order valence-corrected chi connectivity index (χ3v) is 4.12. The number of carbonyl (C=O) groups is 2. The Morgan fingerprint density at radius 1 is 1.17 bits per heavy atom. The maximum atomic E-state index is 12.2. The van der Waals surface area contributed by atoms with E-state index in [0.29, 0.717) is 22.7 Å². The molecule has 122 valence electrons. The van der Waals surface area contributed by atoms with Crippen LogP contribution in [-0.4, -0.2) is 30.9 Å². The molecule has 1 atom stereocenters. The Bertz CT molecular complexity index is 656. The van der Waals surface area contributed by atoms with Gasteiger partial charge in [0.05, 0.1) is 4.88 Å². The molecule has 0 spiro atoms. The van der Waals surface area contributed by atoms with Gasteiger partial charge in [-0.05, 0) is 43.1 Å². The highest BCUT2D eigenvalue weighted by Crippen LogP contribution is 2.15. The van der Waals surface area contributed by atoms with Gasteiger partial charge in [-0.3, -0.25) is 9.59 Å². The van der Waals surface area contributed by atoms with Crippen molar-refractivity contribution in [2.24, 2.45) is 0 Å². The molecule has 0 bridgehead atoms. The number of hydrogen-bond donors (Lipinski definition) is 3. The van der Waals surface area contributed by atoms with Crippen molar-refractivity contribution in [3.63, 3.8) is 0 Å². The van der Waals surface area contributed by atoms with Gasteiger partial charge in [-0.15, -0.1) is 11.3 Å². The lowest BCUT2D eigenvalue weighted by atomic mass is 10.2. The van der Waals surface area contributed by atoms with E-state index in [1.807, 2.05) is 25.3 Å². The second kappa shape index (κ2) is 8.45. The summed E-state index contributed by atoms with van der Waals surface area (Å²) in [5, 5.41) is 10.8. The van der Waals surface area contributed by atoms with Gasteiger partial charge in [-0.25, -0.2) is 0 Å². The first-order valence-electron chi connectivity index (χ1n) is 7.56. The summed E-state index contributed by atoms with van der Waals surface area (Å²) >= 11 is 1.38. The van der Waals surface area contributed by atoms with Crippen LogP contribution < -0.4 is 16.0 Å². The van der Waals surface area contributed by atoms with Crippen molar-refractivity contribution in [3.05, 3.63) is 52.2 Å². The molecule has 0 aliphatic rings. The zero-order valence-corrected chi connectivity index (χ0v) is 14.1. The van der Waals surface area contributed by atoms with Gasteiger partial charge in [0.2, 0.25) is 0 Å². The largest absolute Gasteiger partial charge is 0.350 e. The van der Waals surface area contributed by atoms with E-state index in [0.717, 1.165) is 6.54 Å². The predicted molar refractivity (Wildman–Crippen MR) is 94.2 cm³/mol. The van der Waals surface area contributed by atoms with Gasteiger partial charge >= 0.3 is 0 Å². The van der Waals surface area contributed by atoms with Crippen LogP contribution in [0.4, 0.5) is 5.69 Å². The summed E-state index contributed by atoms with van der Waals surface area (Å²) in [5.41, 5.74) is 1.13. The number of rotatable bonds is 7. The van der Waals surface area contributed by atoms with Crippen molar-refractivity contribution in [1.29, 1.82) is 0 Å². The number of benzene rings is 1. The molecular formula is C17H21N3O2S. The molecule has 2 amide bonds. The summed E-state index contributed by atoms with van der Waals surface area (Å²) in [6.45, 7) is 5.46. The molecule has 6 heteroatoms. The Kier molecular flexibility index (Phi) is 6.31. The minimum absolute atomic E-state index is 0.151. The minimum Gasteiger partial charge on any atom is -0.350 e. The zero-order valence-electron chi connectivity index (χ0n) is 13.3. The molecule has 1 aromatic heterocycles. The maximum Gasteiger partial charge on any atom is 0.265 e. The summed E-state index contributed by atoms with van der Waals surface area (Å²) in [7, 11) is 0. The van der Waals surface area contributed by atoms with Crippen LogP contribution in [0.5, 0.6) is 0 Å². The SMILES string of the molecule is CCN[C@H](C)CNC(=O)c1cccc(NC(=O)c2cccs2)c1. The van der Waals surface area contributed by atoms with Crippen LogP contribution in [0.2, 0.25) is 0 Å². The standard InChI is InChI=1S/C17H21N3O2S/c1-3-18-12(2)11-19-16(21)13-6-4-7-14(10-13)20-17(22)15-8-5-9-23-15/h4-10,12,18H,3,11H2,1-2H3,(H,19,21)(H,20,22)/t12-/m1/s1. The fourth-order valence-corrected chi connectivity index (χ4v) is 2.73. The molecule has 2 aromatic rings. The van der Waals surface area contributed by atoms with Crippen molar-refractivity contribution < 1.29 is 9.59 Å². The first-order chi connectivity index (χ1) is 11.1. The molecule has 23 heavy (non-hydrogen) atoms. The monoisotopic (exact) mass is 331 g/mol. The first-order valence-corrected chi connectivity index (χ1v) is 8.44. The lowest BCUT2D eigenvalue weighted by Gasteiger charge is -2.13. The van der Waals surface area contributed by atoms with Crippen molar-refractivity contribution in [2.75, 3.05) is 18.4 Å². The van der Waals surface area contributed by atoms with Crippen LogP contribution >= 0.6 is 11.3 Å². The van der Waals surface area contributed by atoms with E-state index in [-0.39, 0.29) is 17.9 Å². The normalized spacial score (nSPS) is 11.7. The van der Waals surface area contributed by atoms with Crippen LogP contribution in [0.1, 0.15) is 33.9 Å². The summed E-state index contributed by atoms with van der Waals surface area (Å²) in [6, 6.07) is 10.7. The van der Waals surface area contributed by atoms with Gasteiger partial charge < -0.3 is 16.0 Å². The lowest BCUT2D eigenvalue weighted by molar-refractivity contribution is 0.0949. The molecule has 0 fully saturated rings. The zero-order chi connectivity index (χ0) is 16.7. The number of anilines is 1. The van der Waals surface area contributed by atoms with Crippen molar-refractivity contribution >= 4 is 28.8 Å². The average molecular weight is 331 g/mol. The van der Waals surface area contributed by atoms with Crippen LogP contribution in [-0.2, 0) is 0 Å². The van der Waals surface area contributed by atoms with Gasteiger partial charge in [0.1, 0.15) is 0 Å². The average Bonchev–Trinajstić information content (AvgIpc) is 3.08. The van der Waals surface area contributed by atoms with Crippen LogP contribution in [0, 0.1) is 0 Å². The van der Waals surface area contributed by atoms with Gasteiger partial charge in [-0.1, -0.05) is 19.1 Å². The number of amides is 2. The fourth-order valence-electron chi connectivity index (χ4n) is 2.11.